The van der Waals surface area contributed by atoms with Gasteiger partial charge >= 0.3 is 0 Å². The summed E-state index contributed by atoms with van der Waals surface area (Å²) in [7, 11) is 0. The number of hydrogen-bond donors (Lipinski definition) is 1. The van der Waals surface area contributed by atoms with Crippen molar-refractivity contribution in [1.29, 1.82) is 0 Å². The number of nitrogens with two attached hydrogens (primary N) is 1. The summed E-state index contributed by atoms with van der Waals surface area (Å²) in [5.41, 5.74) is 5.82. The Balaban J connectivity index is 0.000000200. The van der Waals surface area contributed by atoms with Crippen molar-refractivity contribution in [2.45, 2.75) is 0 Å². The second-order valence-electron chi connectivity index (χ2n) is 3.52. The van der Waals surface area contributed by atoms with Crippen molar-refractivity contribution in [3.8, 4) is 0 Å². The Bertz CT molecular complexity index is 542. The lowest BCUT2D eigenvalue weighted by atomic mass is 10.3. The number of aromatic nitrogens is 1. The van der Waals surface area contributed by atoms with Crippen LogP contribution in [0.5, 0.6) is 0 Å². The van der Waals surface area contributed by atoms with Crippen molar-refractivity contribution < 1.29 is 14.6 Å². The molecule has 0 aliphatic heterocycles. The average Bonchev–Trinajstić information content (AvgIpc) is 2.40. The summed E-state index contributed by atoms with van der Waals surface area (Å²) in [6.07, 6.45) is 2.16. The number of nitro benzene ring substituents is 1. The van der Waals surface area contributed by atoms with E-state index in [0.717, 1.165) is 24.5 Å². The highest BCUT2D eigenvalue weighted by Crippen LogP contribution is 2.12. The molecule has 0 bridgehead atoms. The molecule has 0 saturated carbocycles. The number of hydrogen-bond acceptors (Lipinski definition) is 6. The van der Waals surface area contributed by atoms with Gasteiger partial charge in [0, 0.05) is 17.8 Å². The van der Waals surface area contributed by atoms with Gasteiger partial charge in [0.25, 0.3) is 11.4 Å². The van der Waals surface area contributed by atoms with E-state index in [1.54, 1.807) is 0 Å². The number of non-ortho nitro benzene ring substituents is 1. The van der Waals surface area contributed by atoms with Gasteiger partial charge < -0.3 is 10.9 Å². The van der Waals surface area contributed by atoms with Gasteiger partial charge in [0.2, 0.25) is 0 Å². The molecule has 0 saturated heterocycles. The minimum atomic E-state index is -0.556. The predicted octanol–water partition coefficient (Wildman–Crippen LogP) is 1.41. The zero-order valence-corrected chi connectivity index (χ0v) is 10.1. The third-order valence-corrected chi connectivity index (χ3v) is 2.10. The van der Waals surface area contributed by atoms with E-state index < -0.39 is 9.85 Å². The Hall–Kier alpha value is -3.23. The maximum absolute atomic E-state index is 10.3. The molecule has 2 N–H and O–H groups in total. The quantitative estimate of drug-likeness (QED) is 0.289. The first-order valence-electron chi connectivity index (χ1n) is 5.23. The summed E-state index contributed by atoms with van der Waals surface area (Å²) in [5.74, 6) is 0. The molecule has 0 atom stereocenters. The van der Waals surface area contributed by atoms with E-state index >= 15 is 0 Å². The molecule has 20 heavy (non-hydrogen) atoms. The smallest absolute Gasteiger partial charge is 0.281 e. The van der Waals surface area contributed by atoms with Crippen molar-refractivity contribution in [2.24, 2.45) is 0 Å². The lowest BCUT2D eigenvalue weighted by Gasteiger charge is -1.91. The fourth-order valence-corrected chi connectivity index (χ4v) is 1.12. The lowest BCUT2D eigenvalue weighted by molar-refractivity contribution is -0.606. The summed E-state index contributed by atoms with van der Waals surface area (Å²) in [4.78, 5) is 19.1. The lowest BCUT2D eigenvalue weighted by Crippen LogP contribution is -2.23. The number of pyridine rings is 1. The van der Waals surface area contributed by atoms with E-state index in [-0.39, 0.29) is 11.4 Å². The molecular formula is C11H10N4O5. The summed E-state index contributed by atoms with van der Waals surface area (Å²) >= 11 is 0. The standard InChI is InChI=1S/C6H6N2O2.C5H4N2O3/c7-5-1-3-6(4-2-5)8(9)10;8-6-3-1-5(2-4-6)7(9)10/h1-4H,7H2;1-4H. The molecule has 1 aromatic carbocycles. The number of benzene rings is 1. The Morgan fingerprint density at radius 3 is 1.65 bits per heavy atom. The minimum Gasteiger partial charge on any atom is -0.619 e. The van der Waals surface area contributed by atoms with E-state index in [9.17, 15) is 25.4 Å². The number of anilines is 1. The van der Waals surface area contributed by atoms with Crippen molar-refractivity contribution in [2.75, 3.05) is 5.73 Å². The molecule has 2 aromatic rings. The molecule has 0 spiro atoms. The summed E-state index contributed by atoms with van der Waals surface area (Å²) in [6, 6.07) is 8.03. The van der Waals surface area contributed by atoms with Gasteiger partial charge in [-0.05, 0) is 12.1 Å². The van der Waals surface area contributed by atoms with Crippen molar-refractivity contribution >= 4 is 17.1 Å². The van der Waals surface area contributed by atoms with Crippen molar-refractivity contribution in [3.05, 3.63) is 74.2 Å². The number of rotatable bonds is 2. The van der Waals surface area contributed by atoms with Crippen LogP contribution in [-0.2, 0) is 0 Å². The van der Waals surface area contributed by atoms with Crippen molar-refractivity contribution in [1.82, 2.24) is 0 Å². The molecule has 0 radical (unpaired) electrons. The van der Waals surface area contributed by atoms with Gasteiger partial charge in [0.1, 0.15) is 0 Å². The van der Waals surface area contributed by atoms with Crippen LogP contribution < -0.4 is 10.5 Å². The van der Waals surface area contributed by atoms with Crippen LogP contribution >= 0.6 is 0 Å². The monoisotopic (exact) mass is 278 g/mol. The molecule has 1 aromatic heterocycles. The fourth-order valence-electron chi connectivity index (χ4n) is 1.12. The van der Waals surface area contributed by atoms with Gasteiger partial charge in [-0.2, -0.15) is 4.73 Å². The third-order valence-electron chi connectivity index (χ3n) is 2.10. The van der Waals surface area contributed by atoms with E-state index in [0.29, 0.717) is 10.4 Å². The molecule has 9 heteroatoms. The number of nitro groups is 2. The van der Waals surface area contributed by atoms with Crippen molar-refractivity contribution in [3.63, 3.8) is 0 Å². The maximum Gasteiger partial charge on any atom is 0.281 e. The average molecular weight is 278 g/mol. The van der Waals surface area contributed by atoms with Gasteiger partial charge in [0.15, 0.2) is 12.4 Å². The van der Waals surface area contributed by atoms with Gasteiger partial charge in [-0.15, -0.1) is 0 Å². The highest BCUT2D eigenvalue weighted by molar-refractivity contribution is 5.44. The second-order valence-corrected chi connectivity index (χ2v) is 3.52. The van der Waals surface area contributed by atoms with Crippen LogP contribution in [0, 0.1) is 25.4 Å². The third kappa shape index (κ3) is 4.56. The first-order chi connectivity index (χ1) is 9.40. The Kier molecular flexibility index (Phi) is 4.92. The molecule has 2 rings (SSSR count). The Morgan fingerprint density at radius 1 is 0.850 bits per heavy atom. The zero-order chi connectivity index (χ0) is 15.1. The molecule has 0 fully saturated rings. The maximum atomic E-state index is 10.3. The van der Waals surface area contributed by atoms with Crippen LogP contribution in [0.25, 0.3) is 0 Å². The fraction of sp³-hybridized carbons (Fsp3) is 0. The Morgan fingerprint density at radius 2 is 1.25 bits per heavy atom. The topological polar surface area (TPSA) is 139 Å². The summed E-state index contributed by atoms with van der Waals surface area (Å²) in [6.45, 7) is 0. The second kappa shape index (κ2) is 6.64. The molecule has 9 nitrogen and oxygen atoms in total. The van der Waals surface area contributed by atoms with E-state index in [2.05, 4.69) is 0 Å². The molecule has 1 heterocycles. The van der Waals surface area contributed by atoms with E-state index in [1.165, 1.54) is 24.3 Å². The van der Waals surface area contributed by atoms with Crippen LogP contribution in [-0.4, -0.2) is 9.85 Å². The minimum absolute atomic E-state index is 0.0641. The van der Waals surface area contributed by atoms with E-state index in [4.69, 9.17) is 5.73 Å². The van der Waals surface area contributed by atoms with Crippen LogP contribution in [0.3, 0.4) is 0 Å². The Labute approximate surface area is 112 Å². The van der Waals surface area contributed by atoms with Gasteiger partial charge in [-0.25, -0.2) is 0 Å². The highest BCUT2D eigenvalue weighted by atomic mass is 16.6. The van der Waals surface area contributed by atoms with Gasteiger partial charge in [-0.1, -0.05) is 0 Å². The molecular weight excluding hydrogens is 268 g/mol. The molecule has 104 valence electrons. The van der Waals surface area contributed by atoms with Gasteiger partial charge in [0.05, 0.1) is 22.0 Å². The SMILES string of the molecule is Nc1ccc([N+](=O)[O-])cc1.O=[N+]([O-])c1cc[n+]([O-])cc1. The molecule has 0 unspecified atom stereocenters. The first kappa shape index (κ1) is 14.8. The summed E-state index contributed by atoms with van der Waals surface area (Å²) < 4.78 is 0.493. The van der Waals surface area contributed by atoms with E-state index in [1.807, 2.05) is 0 Å². The highest BCUT2D eigenvalue weighted by Gasteiger charge is 2.04. The van der Waals surface area contributed by atoms with Gasteiger partial charge in [-0.3, -0.25) is 20.2 Å². The number of nitrogen functional groups attached to an aromatic ring is 1. The van der Waals surface area contributed by atoms with Crippen LogP contribution in [0.4, 0.5) is 17.1 Å². The normalized spacial score (nSPS) is 9.20. The molecule has 0 amide bonds. The molecule has 0 aliphatic rings. The largest absolute Gasteiger partial charge is 0.619 e. The zero-order valence-electron chi connectivity index (χ0n) is 10.1. The van der Waals surface area contributed by atoms with Crippen LogP contribution in [0.2, 0.25) is 0 Å². The van der Waals surface area contributed by atoms with Crippen LogP contribution in [0.1, 0.15) is 0 Å². The van der Waals surface area contributed by atoms with Crippen LogP contribution in [0.15, 0.2) is 48.8 Å². The number of nitrogens with zero attached hydrogens (tertiary/aromatic N) is 3. The first-order valence-corrected chi connectivity index (χ1v) is 5.23. The molecule has 0 aliphatic carbocycles. The summed E-state index contributed by atoms with van der Waals surface area (Å²) in [5, 5.41) is 30.4. The predicted molar refractivity (Wildman–Crippen MR) is 69.6 cm³/mol.